The Morgan fingerprint density at radius 1 is 1.12 bits per heavy atom. The number of amides is 1. The normalized spacial score (nSPS) is 16.6. The van der Waals surface area contributed by atoms with Crippen LogP contribution in [0.4, 0.5) is 5.69 Å². The van der Waals surface area contributed by atoms with Crippen molar-refractivity contribution in [2.75, 3.05) is 38.0 Å². The Morgan fingerprint density at radius 3 is 2.64 bits per heavy atom. The molecule has 1 fully saturated rings. The molecule has 4 nitrogen and oxygen atoms in total. The number of rotatable bonds is 5. The number of hydrogen-bond acceptors (Lipinski definition) is 4. The molecule has 0 aliphatic carbocycles. The Balaban J connectivity index is 1.48. The average molecular weight is 443 g/mol. The molecule has 1 aliphatic heterocycles. The molecule has 2 heterocycles. The predicted octanol–water partition coefficient (Wildman–Crippen LogP) is 4.31. The van der Waals surface area contributed by atoms with E-state index in [1.165, 1.54) is 8.66 Å². The van der Waals surface area contributed by atoms with Gasteiger partial charge in [0.1, 0.15) is 0 Å². The first-order valence-corrected chi connectivity index (χ1v) is 10.3. The van der Waals surface area contributed by atoms with E-state index in [0.717, 1.165) is 39.1 Å². The summed E-state index contributed by atoms with van der Waals surface area (Å²) in [6.07, 6.45) is 1.08. The van der Waals surface area contributed by atoms with E-state index in [0.29, 0.717) is 17.3 Å². The van der Waals surface area contributed by atoms with Crippen LogP contribution in [0.15, 0.2) is 40.2 Å². The zero-order valence-electron chi connectivity index (χ0n) is 13.9. The molecule has 0 saturated carbocycles. The van der Waals surface area contributed by atoms with Crippen molar-refractivity contribution in [2.45, 2.75) is 13.0 Å². The highest BCUT2D eigenvalue weighted by Crippen LogP contribution is 2.24. The van der Waals surface area contributed by atoms with Crippen molar-refractivity contribution in [2.24, 2.45) is 0 Å². The molecule has 1 aromatic carbocycles. The highest BCUT2D eigenvalue weighted by atomic mass is 79.9. The minimum atomic E-state index is -0.0104. The maximum Gasteiger partial charge on any atom is 0.238 e. The lowest BCUT2D eigenvalue weighted by molar-refractivity contribution is -0.117. The zero-order valence-corrected chi connectivity index (χ0v) is 17.0. The fourth-order valence-corrected chi connectivity index (χ4v) is 4.66. The summed E-state index contributed by atoms with van der Waals surface area (Å²) in [6, 6.07) is 11.6. The first-order chi connectivity index (χ1) is 12.1. The second kappa shape index (κ2) is 9.14. The number of nitrogens with one attached hydrogen (secondary N) is 1. The Kier molecular flexibility index (Phi) is 6.90. The van der Waals surface area contributed by atoms with Crippen LogP contribution in [0.3, 0.4) is 0 Å². The van der Waals surface area contributed by atoms with Crippen molar-refractivity contribution in [1.29, 1.82) is 0 Å². The van der Waals surface area contributed by atoms with Gasteiger partial charge in [-0.05, 0) is 59.7 Å². The third-order valence-corrected chi connectivity index (χ3v) is 6.14. The lowest BCUT2D eigenvalue weighted by Crippen LogP contribution is -2.36. The standard InChI is InChI=1S/C18H21BrClN3OS/c19-17-7-6-14(25-17)12-22-8-3-9-23(11-10-22)13-18(24)21-16-5-2-1-4-15(16)20/h1-2,4-7H,3,8-13H2,(H,21,24). The van der Waals surface area contributed by atoms with Gasteiger partial charge in [-0.1, -0.05) is 23.7 Å². The Labute approximate surface area is 165 Å². The van der Waals surface area contributed by atoms with Gasteiger partial charge in [-0.2, -0.15) is 0 Å². The molecule has 0 atom stereocenters. The Hall–Kier alpha value is -0.920. The van der Waals surface area contributed by atoms with Crippen LogP contribution in [-0.4, -0.2) is 48.4 Å². The summed E-state index contributed by atoms with van der Waals surface area (Å²) in [5.41, 5.74) is 0.675. The number of carbonyl (C=O) groups excluding carboxylic acids is 1. The molecule has 1 N–H and O–H groups in total. The van der Waals surface area contributed by atoms with Crippen LogP contribution < -0.4 is 5.32 Å². The number of thiophene rings is 1. The van der Waals surface area contributed by atoms with Gasteiger partial charge in [-0.15, -0.1) is 11.3 Å². The van der Waals surface area contributed by atoms with Crippen LogP contribution in [0.1, 0.15) is 11.3 Å². The van der Waals surface area contributed by atoms with Crippen LogP contribution in [0.5, 0.6) is 0 Å². The molecule has 25 heavy (non-hydrogen) atoms. The van der Waals surface area contributed by atoms with Crippen molar-refractivity contribution in [3.63, 3.8) is 0 Å². The van der Waals surface area contributed by atoms with E-state index in [1.54, 1.807) is 17.4 Å². The summed E-state index contributed by atoms with van der Waals surface area (Å²) < 4.78 is 1.18. The lowest BCUT2D eigenvalue weighted by atomic mass is 10.3. The molecule has 0 radical (unpaired) electrons. The van der Waals surface area contributed by atoms with Crippen LogP contribution in [0, 0.1) is 0 Å². The minimum absolute atomic E-state index is 0.0104. The van der Waals surface area contributed by atoms with E-state index in [4.69, 9.17) is 11.6 Å². The van der Waals surface area contributed by atoms with Gasteiger partial charge in [0.05, 0.1) is 21.0 Å². The highest BCUT2D eigenvalue weighted by Gasteiger charge is 2.18. The number of halogens is 2. The van der Waals surface area contributed by atoms with Crippen molar-refractivity contribution in [3.05, 3.63) is 50.1 Å². The molecule has 1 saturated heterocycles. The maximum atomic E-state index is 12.3. The molecule has 1 aliphatic rings. The first kappa shape index (κ1) is 18.9. The number of benzene rings is 1. The molecule has 3 rings (SSSR count). The molecule has 0 unspecified atom stereocenters. The van der Waals surface area contributed by atoms with E-state index >= 15 is 0 Å². The van der Waals surface area contributed by atoms with Crippen molar-refractivity contribution >= 4 is 50.5 Å². The SMILES string of the molecule is O=C(CN1CCCN(Cc2ccc(Br)s2)CC1)Nc1ccccc1Cl. The Bertz CT molecular complexity index is 724. The largest absolute Gasteiger partial charge is 0.324 e. The second-order valence-electron chi connectivity index (χ2n) is 6.14. The van der Waals surface area contributed by atoms with Gasteiger partial charge in [-0.25, -0.2) is 0 Å². The lowest BCUT2D eigenvalue weighted by Gasteiger charge is -2.21. The van der Waals surface area contributed by atoms with Crippen LogP contribution >= 0.6 is 38.9 Å². The molecule has 1 aromatic heterocycles. The Morgan fingerprint density at radius 2 is 1.88 bits per heavy atom. The van der Waals surface area contributed by atoms with Gasteiger partial charge in [0.25, 0.3) is 0 Å². The number of anilines is 1. The van der Waals surface area contributed by atoms with Gasteiger partial charge >= 0.3 is 0 Å². The average Bonchev–Trinajstić information content (AvgIpc) is 2.86. The van der Waals surface area contributed by atoms with E-state index in [-0.39, 0.29) is 5.91 Å². The third kappa shape index (κ3) is 5.79. The van der Waals surface area contributed by atoms with Crippen molar-refractivity contribution < 1.29 is 4.79 Å². The minimum Gasteiger partial charge on any atom is -0.324 e. The van der Waals surface area contributed by atoms with Crippen LogP contribution in [0.25, 0.3) is 0 Å². The van der Waals surface area contributed by atoms with E-state index < -0.39 is 0 Å². The van der Waals surface area contributed by atoms with Gasteiger partial charge in [0.15, 0.2) is 0 Å². The number of carbonyl (C=O) groups is 1. The van der Waals surface area contributed by atoms with Gasteiger partial charge in [0.2, 0.25) is 5.91 Å². The maximum absolute atomic E-state index is 12.3. The third-order valence-electron chi connectivity index (χ3n) is 4.20. The fraction of sp³-hybridized carbons (Fsp3) is 0.389. The van der Waals surface area contributed by atoms with E-state index in [2.05, 4.69) is 43.2 Å². The van der Waals surface area contributed by atoms with Crippen LogP contribution in [-0.2, 0) is 11.3 Å². The highest BCUT2D eigenvalue weighted by molar-refractivity contribution is 9.11. The quantitative estimate of drug-likeness (QED) is 0.749. The molecule has 134 valence electrons. The van der Waals surface area contributed by atoms with Gasteiger partial charge in [-0.3, -0.25) is 14.6 Å². The second-order valence-corrected chi connectivity index (χ2v) is 9.09. The topological polar surface area (TPSA) is 35.6 Å². The predicted molar refractivity (Wildman–Crippen MR) is 108 cm³/mol. The molecule has 7 heteroatoms. The summed E-state index contributed by atoms with van der Waals surface area (Å²) >= 11 is 11.4. The summed E-state index contributed by atoms with van der Waals surface area (Å²) in [5.74, 6) is -0.0104. The van der Waals surface area contributed by atoms with Gasteiger partial charge < -0.3 is 5.32 Å². The fourth-order valence-electron chi connectivity index (χ4n) is 2.95. The van der Waals surface area contributed by atoms with E-state index in [9.17, 15) is 4.79 Å². The summed E-state index contributed by atoms with van der Waals surface area (Å²) in [6.45, 7) is 5.29. The first-order valence-electron chi connectivity index (χ1n) is 8.33. The molecular weight excluding hydrogens is 422 g/mol. The van der Waals surface area contributed by atoms with Crippen LogP contribution in [0.2, 0.25) is 5.02 Å². The summed E-state index contributed by atoms with van der Waals surface area (Å²) in [4.78, 5) is 18.3. The molecular formula is C18H21BrClN3OS. The van der Waals surface area contributed by atoms with Crippen molar-refractivity contribution in [3.8, 4) is 0 Å². The van der Waals surface area contributed by atoms with Crippen molar-refractivity contribution in [1.82, 2.24) is 9.80 Å². The summed E-state index contributed by atoms with van der Waals surface area (Å²) in [7, 11) is 0. The molecule has 2 aromatic rings. The zero-order chi connectivity index (χ0) is 17.6. The molecule has 1 amide bonds. The monoisotopic (exact) mass is 441 g/mol. The smallest absolute Gasteiger partial charge is 0.238 e. The number of nitrogens with zero attached hydrogens (tertiary/aromatic N) is 2. The van der Waals surface area contributed by atoms with Gasteiger partial charge in [0, 0.05) is 24.5 Å². The molecule has 0 bridgehead atoms. The van der Waals surface area contributed by atoms with E-state index in [1.807, 2.05) is 18.2 Å². The number of para-hydroxylation sites is 1. The number of hydrogen-bond donors (Lipinski definition) is 1. The summed E-state index contributed by atoms with van der Waals surface area (Å²) in [5, 5.41) is 3.47. The molecule has 0 spiro atoms.